The van der Waals surface area contributed by atoms with Gasteiger partial charge in [-0.05, 0) is 12.8 Å². The molecule has 6 heteroatoms. The summed E-state index contributed by atoms with van der Waals surface area (Å²) in [5.74, 6) is 7.71. The van der Waals surface area contributed by atoms with Gasteiger partial charge >= 0.3 is 0 Å². The Morgan fingerprint density at radius 3 is 2.38 bits per heavy atom. The molecule has 0 radical (unpaired) electrons. The number of hydrogen-bond donors (Lipinski definition) is 4. The standard InChI is InChI=1S/C15H27N5O/c1-11(2)14-18-12(9-13(19-14)20-16)17-10-15(21)7-5-3-4-6-8-15/h9,11,21H,3-8,10,16H2,1-2H3,(H2,17,18,19,20). The van der Waals surface area contributed by atoms with Crippen LogP contribution < -0.4 is 16.6 Å². The van der Waals surface area contributed by atoms with Crippen molar-refractivity contribution < 1.29 is 5.11 Å². The highest BCUT2D eigenvalue weighted by molar-refractivity contribution is 5.47. The molecule has 0 amide bonds. The molecule has 2 rings (SSSR count). The fourth-order valence-electron chi connectivity index (χ4n) is 2.71. The van der Waals surface area contributed by atoms with Crippen molar-refractivity contribution in [1.29, 1.82) is 0 Å². The zero-order valence-electron chi connectivity index (χ0n) is 13.0. The van der Waals surface area contributed by atoms with Gasteiger partial charge in [0.05, 0.1) is 5.60 Å². The Labute approximate surface area is 126 Å². The quantitative estimate of drug-likeness (QED) is 0.378. The van der Waals surface area contributed by atoms with Crippen LogP contribution in [0.5, 0.6) is 0 Å². The number of nitrogens with zero attached hydrogens (tertiary/aromatic N) is 2. The van der Waals surface area contributed by atoms with Gasteiger partial charge in [-0.25, -0.2) is 15.8 Å². The number of hydrazine groups is 1. The van der Waals surface area contributed by atoms with Gasteiger partial charge in [-0.3, -0.25) is 0 Å². The van der Waals surface area contributed by atoms with Gasteiger partial charge in [0.15, 0.2) is 0 Å². The first-order valence-corrected chi connectivity index (χ1v) is 7.84. The first kappa shape index (κ1) is 16.0. The third kappa shape index (κ3) is 4.54. The monoisotopic (exact) mass is 293 g/mol. The predicted molar refractivity (Wildman–Crippen MR) is 85.1 cm³/mol. The lowest BCUT2D eigenvalue weighted by Crippen LogP contribution is -2.36. The molecule has 1 aliphatic rings. The van der Waals surface area contributed by atoms with Gasteiger partial charge in [0.25, 0.3) is 0 Å². The maximum Gasteiger partial charge on any atom is 0.145 e. The third-order valence-electron chi connectivity index (χ3n) is 4.04. The summed E-state index contributed by atoms with van der Waals surface area (Å²) in [6.07, 6.45) is 6.32. The molecule has 21 heavy (non-hydrogen) atoms. The van der Waals surface area contributed by atoms with Crippen LogP contribution in [-0.4, -0.2) is 27.2 Å². The number of aliphatic hydroxyl groups is 1. The molecule has 0 atom stereocenters. The summed E-state index contributed by atoms with van der Waals surface area (Å²) in [4.78, 5) is 8.82. The number of anilines is 2. The molecular formula is C15H27N5O. The van der Waals surface area contributed by atoms with Crippen LogP contribution in [0, 0.1) is 0 Å². The Morgan fingerprint density at radius 2 is 1.81 bits per heavy atom. The topological polar surface area (TPSA) is 96.1 Å². The van der Waals surface area contributed by atoms with Crippen LogP contribution in [0.4, 0.5) is 11.6 Å². The van der Waals surface area contributed by atoms with Crippen LogP contribution in [0.25, 0.3) is 0 Å². The average Bonchev–Trinajstić information content (AvgIpc) is 2.70. The number of hydrogen-bond acceptors (Lipinski definition) is 6. The lowest BCUT2D eigenvalue weighted by Gasteiger charge is -2.27. The van der Waals surface area contributed by atoms with E-state index in [2.05, 4.69) is 20.7 Å². The minimum absolute atomic E-state index is 0.222. The van der Waals surface area contributed by atoms with Crippen molar-refractivity contribution in [3.63, 3.8) is 0 Å². The molecule has 118 valence electrons. The minimum Gasteiger partial charge on any atom is -0.388 e. The summed E-state index contributed by atoms with van der Waals surface area (Å²) >= 11 is 0. The Hall–Kier alpha value is -1.40. The Balaban J connectivity index is 2.06. The Kier molecular flexibility index (Phi) is 5.36. The molecule has 0 spiro atoms. The van der Waals surface area contributed by atoms with Crippen molar-refractivity contribution in [3.8, 4) is 0 Å². The van der Waals surface area contributed by atoms with E-state index in [1.165, 1.54) is 12.8 Å². The van der Waals surface area contributed by atoms with Crippen LogP contribution in [0.3, 0.4) is 0 Å². The van der Waals surface area contributed by atoms with Gasteiger partial charge in [0.2, 0.25) is 0 Å². The molecule has 6 nitrogen and oxygen atoms in total. The number of nitrogens with one attached hydrogen (secondary N) is 2. The molecule has 5 N–H and O–H groups in total. The molecule has 1 aromatic rings. The van der Waals surface area contributed by atoms with E-state index in [1.807, 2.05) is 13.8 Å². The second-order valence-electron chi connectivity index (χ2n) is 6.29. The minimum atomic E-state index is -0.629. The van der Waals surface area contributed by atoms with Crippen LogP contribution in [0.1, 0.15) is 64.1 Å². The van der Waals surface area contributed by atoms with Crippen LogP contribution in [0.2, 0.25) is 0 Å². The summed E-state index contributed by atoms with van der Waals surface area (Å²) in [5, 5.41) is 13.9. The zero-order chi connectivity index (χ0) is 15.3. The van der Waals surface area contributed by atoms with E-state index in [-0.39, 0.29) is 5.92 Å². The van der Waals surface area contributed by atoms with Crippen molar-refractivity contribution in [2.45, 2.75) is 63.9 Å². The van der Waals surface area contributed by atoms with E-state index in [4.69, 9.17) is 5.84 Å². The number of nitrogen functional groups attached to an aromatic ring is 1. The fraction of sp³-hybridized carbons (Fsp3) is 0.733. The summed E-state index contributed by atoms with van der Waals surface area (Å²) in [5.41, 5.74) is 1.94. The molecule has 1 aromatic heterocycles. The number of nitrogens with two attached hydrogens (primary N) is 1. The van der Waals surface area contributed by atoms with Gasteiger partial charge in [0, 0.05) is 18.5 Å². The average molecular weight is 293 g/mol. The maximum atomic E-state index is 10.7. The van der Waals surface area contributed by atoms with Gasteiger partial charge in [0.1, 0.15) is 17.5 Å². The summed E-state index contributed by atoms with van der Waals surface area (Å²) in [6.45, 7) is 4.60. The molecular weight excluding hydrogens is 266 g/mol. The van der Waals surface area contributed by atoms with Crippen molar-refractivity contribution >= 4 is 11.6 Å². The molecule has 0 aliphatic heterocycles. The van der Waals surface area contributed by atoms with Gasteiger partial charge in [-0.15, -0.1) is 0 Å². The van der Waals surface area contributed by atoms with Crippen molar-refractivity contribution in [2.75, 3.05) is 17.3 Å². The SMILES string of the molecule is CC(C)c1nc(NN)cc(NCC2(O)CCCCCC2)n1. The molecule has 1 fully saturated rings. The van der Waals surface area contributed by atoms with E-state index in [0.29, 0.717) is 18.2 Å². The van der Waals surface area contributed by atoms with E-state index < -0.39 is 5.60 Å². The Bertz CT molecular complexity index is 455. The molecule has 1 saturated carbocycles. The van der Waals surface area contributed by atoms with Crippen molar-refractivity contribution in [1.82, 2.24) is 9.97 Å². The molecule has 0 bridgehead atoms. The third-order valence-corrected chi connectivity index (χ3v) is 4.04. The summed E-state index contributed by atoms with van der Waals surface area (Å²) in [6, 6.07) is 1.77. The molecule has 1 aliphatic carbocycles. The van der Waals surface area contributed by atoms with Crippen molar-refractivity contribution in [2.24, 2.45) is 5.84 Å². The molecule has 0 unspecified atom stereocenters. The van der Waals surface area contributed by atoms with Crippen molar-refractivity contribution in [3.05, 3.63) is 11.9 Å². The summed E-state index contributed by atoms with van der Waals surface area (Å²) < 4.78 is 0. The summed E-state index contributed by atoms with van der Waals surface area (Å²) in [7, 11) is 0. The van der Waals surface area contributed by atoms with Crippen LogP contribution in [-0.2, 0) is 0 Å². The fourth-order valence-corrected chi connectivity index (χ4v) is 2.71. The van der Waals surface area contributed by atoms with Gasteiger partial charge in [-0.2, -0.15) is 0 Å². The Morgan fingerprint density at radius 1 is 1.19 bits per heavy atom. The lowest BCUT2D eigenvalue weighted by molar-refractivity contribution is 0.0380. The maximum absolute atomic E-state index is 10.7. The first-order chi connectivity index (χ1) is 10.0. The smallest absolute Gasteiger partial charge is 0.145 e. The van der Waals surface area contributed by atoms with Gasteiger partial charge < -0.3 is 15.8 Å². The van der Waals surface area contributed by atoms with Gasteiger partial charge in [-0.1, -0.05) is 39.5 Å². The highest BCUT2D eigenvalue weighted by Crippen LogP contribution is 2.27. The number of aromatic nitrogens is 2. The second kappa shape index (κ2) is 7.04. The first-order valence-electron chi connectivity index (χ1n) is 7.84. The second-order valence-corrected chi connectivity index (χ2v) is 6.29. The highest BCUT2D eigenvalue weighted by Gasteiger charge is 2.27. The van der Waals surface area contributed by atoms with E-state index in [1.54, 1.807) is 6.07 Å². The molecule has 0 aromatic carbocycles. The number of rotatable bonds is 5. The molecule has 0 saturated heterocycles. The van der Waals surface area contributed by atoms with E-state index >= 15 is 0 Å². The molecule has 1 heterocycles. The normalized spacial score (nSPS) is 18.3. The highest BCUT2D eigenvalue weighted by atomic mass is 16.3. The van der Waals surface area contributed by atoms with E-state index in [9.17, 15) is 5.11 Å². The predicted octanol–water partition coefficient (Wildman–Crippen LogP) is 2.38. The van der Waals surface area contributed by atoms with E-state index in [0.717, 1.165) is 31.5 Å². The largest absolute Gasteiger partial charge is 0.388 e. The zero-order valence-corrected chi connectivity index (χ0v) is 13.0. The lowest BCUT2D eigenvalue weighted by atomic mass is 9.94. The van der Waals surface area contributed by atoms with Crippen LogP contribution >= 0.6 is 0 Å². The van der Waals surface area contributed by atoms with Crippen LogP contribution in [0.15, 0.2) is 6.07 Å².